The SMILES string of the molecule is CSc1ccc(S(=O)(=O)Nc2cccc(Cl)c2)cc1C(=O)N1CCCCCC1. The first-order valence-corrected chi connectivity index (χ1v) is 12.2. The Morgan fingerprint density at radius 3 is 2.43 bits per heavy atom. The highest BCUT2D eigenvalue weighted by atomic mass is 35.5. The van der Waals surface area contributed by atoms with Crippen LogP contribution in [0, 0.1) is 0 Å². The number of rotatable bonds is 5. The lowest BCUT2D eigenvalue weighted by molar-refractivity contribution is 0.0758. The van der Waals surface area contributed by atoms with E-state index in [-0.39, 0.29) is 10.8 Å². The first-order valence-electron chi connectivity index (χ1n) is 9.16. The van der Waals surface area contributed by atoms with E-state index in [9.17, 15) is 13.2 Å². The molecule has 0 spiro atoms. The van der Waals surface area contributed by atoms with Gasteiger partial charge >= 0.3 is 0 Å². The molecule has 1 N–H and O–H groups in total. The van der Waals surface area contributed by atoms with E-state index in [1.165, 1.54) is 23.9 Å². The number of hydrogen-bond donors (Lipinski definition) is 1. The Hall–Kier alpha value is -1.70. The molecule has 2 aromatic rings. The zero-order valence-electron chi connectivity index (χ0n) is 15.7. The Morgan fingerprint density at radius 2 is 1.79 bits per heavy atom. The molecule has 1 saturated heterocycles. The van der Waals surface area contributed by atoms with E-state index in [2.05, 4.69) is 4.72 Å². The highest BCUT2D eigenvalue weighted by Crippen LogP contribution is 2.27. The molecule has 28 heavy (non-hydrogen) atoms. The lowest BCUT2D eigenvalue weighted by Crippen LogP contribution is -2.32. The molecule has 0 aromatic heterocycles. The summed E-state index contributed by atoms with van der Waals surface area (Å²) >= 11 is 7.38. The second kappa shape index (κ2) is 9.20. The number of benzene rings is 2. The summed E-state index contributed by atoms with van der Waals surface area (Å²) in [5, 5.41) is 0.440. The van der Waals surface area contributed by atoms with Crippen LogP contribution in [-0.4, -0.2) is 38.6 Å². The third-order valence-corrected chi connectivity index (χ3v) is 7.09. The molecule has 0 bridgehead atoms. The van der Waals surface area contributed by atoms with Gasteiger partial charge in [-0.05, 0) is 55.5 Å². The summed E-state index contributed by atoms with van der Waals surface area (Å²) in [5.74, 6) is -0.106. The summed E-state index contributed by atoms with van der Waals surface area (Å²) < 4.78 is 28.2. The maximum Gasteiger partial charge on any atom is 0.261 e. The van der Waals surface area contributed by atoms with Gasteiger partial charge in [0, 0.05) is 23.0 Å². The molecule has 1 aliphatic heterocycles. The normalized spacial score (nSPS) is 15.1. The third kappa shape index (κ3) is 5.01. The van der Waals surface area contributed by atoms with Crippen molar-refractivity contribution in [1.29, 1.82) is 0 Å². The highest BCUT2D eigenvalue weighted by molar-refractivity contribution is 7.98. The fourth-order valence-electron chi connectivity index (χ4n) is 3.23. The number of thioether (sulfide) groups is 1. The zero-order valence-corrected chi connectivity index (χ0v) is 18.0. The maximum absolute atomic E-state index is 13.1. The average molecular weight is 439 g/mol. The predicted octanol–water partition coefficient (Wildman–Crippen LogP) is 4.88. The number of likely N-dealkylation sites (tertiary alicyclic amines) is 1. The minimum Gasteiger partial charge on any atom is -0.339 e. The van der Waals surface area contributed by atoms with Gasteiger partial charge < -0.3 is 4.90 Å². The second-order valence-corrected chi connectivity index (χ2v) is 9.65. The van der Waals surface area contributed by atoms with Crippen molar-refractivity contribution in [1.82, 2.24) is 4.90 Å². The van der Waals surface area contributed by atoms with Crippen molar-refractivity contribution in [2.24, 2.45) is 0 Å². The Kier molecular flexibility index (Phi) is 6.91. The van der Waals surface area contributed by atoms with E-state index >= 15 is 0 Å². The number of halogens is 1. The molecule has 1 amide bonds. The standard InChI is InChI=1S/C20H23ClN2O3S2/c1-27-19-10-9-17(28(25,26)22-16-8-6-7-15(21)13-16)14-18(19)20(24)23-11-4-2-3-5-12-23/h6-10,13-14,22H,2-5,11-12H2,1H3. The fourth-order valence-corrected chi connectivity index (χ4v) is 5.07. The fraction of sp³-hybridized carbons (Fsp3) is 0.350. The van der Waals surface area contributed by atoms with Crippen LogP contribution in [-0.2, 0) is 10.0 Å². The van der Waals surface area contributed by atoms with E-state index in [1.54, 1.807) is 30.3 Å². The molecule has 5 nitrogen and oxygen atoms in total. The lowest BCUT2D eigenvalue weighted by Gasteiger charge is -2.22. The highest BCUT2D eigenvalue weighted by Gasteiger charge is 2.23. The molecule has 3 rings (SSSR count). The number of sulfonamides is 1. The van der Waals surface area contributed by atoms with Gasteiger partial charge in [0.2, 0.25) is 0 Å². The molecule has 1 fully saturated rings. The molecule has 1 heterocycles. The van der Waals surface area contributed by atoms with Crippen LogP contribution in [0.5, 0.6) is 0 Å². The van der Waals surface area contributed by atoms with Gasteiger partial charge in [0.05, 0.1) is 16.1 Å². The Labute approximate surface area is 175 Å². The first-order chi connectivity index (χ1) is 13.4. The topological polar surface area (TPSA) is 66.5 Å². The van der Waals surface area contributed by atoms with Gasteiger partial charge in [0.25, 0.3) is 15.9 Å². The van der Waals surface area contributed by atoms with Crippen LogP contribution in [0.15, 0.2) is 52.3 Å². The molecule has 0 radical (unpaired) electrons. The third-order valence-electron chi connectivity index (χ3n) is 4.68. The molecule has 1 aliphatic rings. The van der Waals surface area contributed by atoms with Crippen LogP contribution >= 0.6 is 23.4 Å². The van der Waals surface area contributed by atoms with Crippen LogP contribution < -0.4 is 4.72 Å². The van der Waals surface area contributed by atoms with Crippen LogP contribution in [0.1, 0.15) is 36.0 Å². The summed E-state index contributed by atoms with van der Waals surface area (Å²) in [5.41, 5.74) is 0.810. The largest absolute Gasteiger partial charge is 0.339 e. The maximum atomic E-state index is 13.1. The van der Waals surface area contributed by atoms with Crippen LogP contribution in [0.25, 0.3) is 0 Å². The minimum absolute atomic E-state index is 0.0587. The summed E-state index contributed by atoms with van der Waals surface area (Å²) in [6.45, 7) is 1.43. The molecule has 0 atom stereocenters. The van der Waals surface area contributed by atoms with Gasteiger partial charge in [-0.1, -0.05) is 30.5 Å². The number of nitrogens with zero attached hydrogens (tertiary/aromatic N) is 1. The van der Waals surface area contributed by atoms with Crippen molar-refractivity contribution < 1.29 is 13.2 Å². The van der Waals surface area contributed by atoms with Crippen LogP contribution in [0.3, 0.4) is 0 Å². The smallest absolute Gasteiger partial charge is 0.261 e. The quantitative estimate of drug-likeness (QED) is 0.675. The van der Waals surface area contributed by atoms with Crippen molar-refractivity contribution >= 4 is 45.0 Å². The molecule has 8 heteroatoms. The molecule has 150 valence electrons. The molecule has 0 saturated carbocycles. The van der Waals surface area contributed by atoms with Crippen molar-refractivity contribution in [3.05, 3.63) is 53.1 Å². The van der Waals surface area contributed by atoms with Crippen LogP contribution in [0.2, 0.25) is 5.02 Å². The Morgan fingerprint density at radius 1 is 1.07 bits per heavy atom. The average Bonchev–Trinajstić information content (AvgIpc) is 2.96. The molecular weight excluding hydrogens is 416 g/mol. The predicted molar refractivity (Wildman–Crippen MR) is 115 cm³/mol. The van der Waals surface area contributed by atoms with Crippen molar-refractivity contribution in [2.75, 3.05) is 24.1 Å². The minimum atomic E-state index is -3.84. The number of hydrogen-bond acceptors (Lipinski definition) is 4. The first kappa shape index (κ1) is 21.0. The number of anilines is 1. The molecular formula is C20H23ClN2O3S2. The summed E-state index contributed by atoms with van der Waals surface area (Å²) in [6, 6.07) is 11.2. The molecule has 2 aromatic carbocycles. The van der Waals surface area contributed by atoms with E-state index in [1.807, 2.05) is 11.2 Å². The van der Waals surface area contributed by atoms with E-state index in [0.29, 0.717) is 29.4 Å². The van der Waals surface area contributed by atoms with Crippen molar-refractivity contribution in [2.45, 2.75) is 35.5 Å². The van der Waals surface area contributed by atoms with E-state index in [4.69, 9.17) is 11.6 Å². The summed E-state index contributed by atoms with van der Waals surface area (Å²) in [4.78, 5) is 15.8. The van der Waals surface area contributed by atoms with Gasteiger partial charge in [-0.2, -0.15) is 0 Å². The number of carbonyl (C=O) groups is 1. The van der Waals surface area contributed by atoms with Gasteiger partial charge in [-0.3, -0.25) is 9.52 Å². The van der Waals surface area contributed by atoms with Crippen molar-refractivity contribution in [3.8, 4) is 0 Å². The summed E-state index contributed by atoms with van der Waals surface area (Å²) in [6.07, 6.45) is 6.09. The van der Waals surface area contributed by atoms with E-state index < -0.39 is 10.0 Å². The number of nitrogens with one attached hydrogen (secondary N) is 1. The summed E-state index contributed by atoms with van der Waals surface area (Å²) in [7, 11) is -3.84. The Balaban J connectivity index is 1.92. The molecule has 0 unspecified atom stereocenters. The van der Waals surface area contributed by atoms with Gasteiger partial charge in [-0.15, -0.1) is 11.8 Å². The van der Waals surface area contributed by atoms with Gasteiger partial charge in [0.15, 0.2) is 0 Å². The van der Waals surface area contributed by atoms with Crippen molar-refractivity contribution in [3.63, 3.8) is 0 Å². The second-order valence-electron chi connectivity index (χ2n) is 6.68. The zero-order chi connectivity index (χ0) is 20.1. The van der Waals surface area contributed by atoms with E-state index in [0.717, 1.165) is 30.6 Å². The lowest BCUT2D eigenvalue weighted by atomic mass is 10.2. The van der Waals surface area contributed by atoms with Gasteiger partial charge in [-0.25, -0.2) is 8.42 Å². The Bertz CT molecular complexity index is 956. The number of amides is 1. The monoisotopic (exact) mass is 438 g/mol. The van der Waals surface area contributed by atoms with Gasteiger partial charge in [0.1, 0.15) is 0 Å². The van der Waals surface area contributed by atoms with Crippen LogP contribution in [0.4, 0.5) is 5.69 Å². The molecule has 0 aliphatic carbocycles. The number of carbonyl (C=O) groups excluding carboxylic acids is 1.